The molecule has 17 heavy (non-hydrogen) atoms. The Morgan fingerprint density at radius 3 is 3.00 bits per heavy atom. The van der Waals surface area contributed by atoms with Crippen LogP contribution in [-0.2, 0) is 11.3 Å². The van der Waals surface area contributed by atoms with E-state index in [4.69, 9.17) is 0 Å². The Hall–Kier alpha value is -1.36. The fraction of sp³-hybridized carbons (Fsp3) is 0.667. The normalized spacial score (nSPS) is 12.4. The molecular formula is C12H22N4O. The topological polar surface area (TPSA) is 59.0 Å². The summed E-state index contributed by atoms with van der Waals surface area (Å²) in [4.78, 5) is 11.8. The molecule has 0 saturated carbocycles. The number of amides is 1. The summed E-state index contributed by atoms with van der Waals surface area (Å²) in [5, 5.41) is 10.1. The summed E-state index contributed by atoms with van der Waals surface area (Å²) in [5.74, 6) is 0.763. The second-order valence-corrected chi connectivity index (χ2v) is 4.24. The maximum Gasteiger partial charge on any atom is 0.229 e. The largest absolute Gasteiger partial charge is 0.319 e. The molecule has 1 heterocycles. The number of anilines is 1. The Morgan fingerprint density at radius 2 is 2.35 bits per heavy atom. The molecule has 0 aliphatic rings. The third-order valence-corrected chi connectivity index (χ3v) is 2.65. The molecule has 1 aromatic rings. The standard InChI is InChI=1S/C12H22N4O/c1-4-5-8-16-11(6-7-14-16)15-12(17)10(2)9-13-3/h6-7,10,13H,4-5,8-9H2,1-3H3,(H,15,17). The summed E-state index contributed by atoms with van der Waals surface area (Å²) in [6, 6.07) is 1.83. The molecule has 96 valence electrons. The number of aromatic nitrogens is 2. The first kappa shape index (κ1) is 13.7. The lowest BCUT2D eigenvalue weighted by Crippen LogP contribution is -2.29. The summed E-state index contributed by atoms with van der Waals surface area (Å²) in [7, 11) is 1.84. The van der Waals surface area contributed by atoms with Crippen molar-refractivity contribution >= 4 is 11.7 Å². The number of carbonyl (C=O) groups excluding carboxylic acids is 1. The Bertz CT molecular complexity index is 348. The molecule has 1 atom stereocenters. The van der Waals surface area contributed by atoms with E-state index in [1.54, 1.807) is 6.20 Å². The molecule has 0 aromatic carbocycles. The molecule has 5 heteroatoms. The maximum absolute atomic E-state index is 11.8. The molecule has 0 radical (unpaired) electrons. The number of unbranched alkanes of at least 4 members (excludes halogenated alkanes) is 1. The van der Waals surface area contributed by atoms with Crippen LogP contribution in [0.15, 0.2) is 12.3 Å². The van der Waals surface area contributed by atoms with Crippen molar-refractivity contribution in [3.63, 3.8) is 0 Å². The molecule has 0 aliphatic carbocycles. The van der Waals surface area contributed by atoms with Crippen LogP contribution in [0.4, 0.5) is 5.82 Å². The SMILES string of the molecule is CCCCn1nccc1NC(=O)C(C)CNC. The van der Waals surface area contributed by atoms with Gasteiger partial charge in [-0.15, -0.1) is 0 Å². The first-order valence-corrected chi connectivity index (χ1v) is 6.16. The molecular weight excluding hydrogens is 216 g/mol. The van der Waals surface area contributed by atoms with Crippen molar-refractivity contribution in [2.45, 2.75) is 33.2 Å². The molecule has 0 bridgehead atoms. The van der Waals surface area contributed by atoms with Gasteiger partial charge in [0.05, 0.1) is 6.20 Å². The van der Waals surface area contributed by atoms with E-state index in [1.165, 1.54) is 0 Å². The van der Waals surface area contributed by atoms with Gasteiger partial charge < -0.3 is 10.6 Å². The van der Waals surface area contributed by atoms with Crippen molar-refractivity contribution in [2.75, 3.05) is 18.9 Å². The van der Waals surface area contributed by atoms with Gasteiger partial charge in [0, 0.05) is 25.1 Å². The Morgan fingerprint density at radius 1 is 1.59 bits per heavy atom. The molecule has 1 rings (SSSR count). The van der Waals surface area contributed by atoms with Crippen LogP contribution in [0.5, 0.6) is 0 Å². The third-order valence-electron chi connectivity index (χ3n) is 2.65. The van der Waals surface area contributed by atoms with E-state index in [9.17, 15) is 4.79 Å². The zero-order valence-electron chi connectivity index (χ0n) is 10.9. The van der Waals surface area contributed by atoms with Crippen LogP contribution in [0.25, 0.3) is 0 Å². The Labute approximate surface area is 103 Å². The van der Waals surface area contributed by atoms with Crippen molar-refractivity contribution < 1.29 is 4.79 Å². The van der Waals surface area contributed by atoms with Crippen LogP contribution in [0.2, 0.25) is 0 Å². The highest BCUT2D eigenvalue weighted by atomic mass is 16.2. The number of carbonyl (C=O) groups is 1. The minimum atomic E-state index is -0.0467. The monoisotopic (exact) mass is 238 g/mol. The van der Waals surface area contributed by atoms with Crippen molar-refractivity contribution in [3.8, 4) is 0 Å². The highest BCUT2D eigenvalue weighted by molar-refractivity contribution is 5.91. The number of aryl methyl sites for hydroxylation is 1. The zero-order valence-corrected chi connectivity index (χ0v) is 10.9. The van der Waals surface area contributed by atoms with Crippen LogP contribution in [-0.4, -0.2) is 29.3 Å². The third kappa shape index (κ3) is 4.19. The Balaban J connectivity index is 2.55. The summed E-state index contributed by atoms with van der Waals surface area (Å²) < 4.78 is 1.84. The second kappa shape index (κ2) is 7.06. The van der Waals surface area contributed by atoms with Gasteiger partial charge in [0.2, 0.25) is 5.91 Å². The molecule has 0 spiro atoms. The highest BCUT2D eigenvalue weighted by Crippen LogP contribution is 2.09. The van der Waals surface area contributed by atoms with Gasteiger partial charge in [-0.3, -0.25) is 4.79 Å². The summed E-state index contributed by atoms with van der Waals surface area (Å²) in [6.07, 6.45) is 3.90. The molecule has 2 N–H and O–H groups in total. The number of hydrogen-bond acceptors (Lipinski definition) is 3. The van der Waals surface area contributed by atoms with Gasteiger partial charge in [-0.1, -0.05) is 20.3 Å². The van der Waals surface area contributed by atoms with Crippen LogP contribution in [0, 0.1) is 5.92 Å². The van der Waals surface area contributed by atoms with Gasteiger partial charge in [0.1, 0.15) is 5.82 Å². The Kier molecular flexibility index (Phi) is 5.69. The minimum Gasteiger partial charge on any atom is -0.319 e. The lowest BCUT2D eigenvalue weighted by molar-refractivity contribution is -0.119. The van der Waals surface area contributed by atoms with Gasteiger partial charge in [-0.05, 0) is 13.5 Å². The highest BCUT2D eigenvalue weighted by Gasteiger charge is 2.13. The predicted molar refractivity (Wildman–Crippen MR) is 68.9 cm³/mol. The number of nitrogens with zero attached hydrogens (tertiary/aromatic N) is 2. The average Bonchev–Trinajstić information content (AvgIpc) is 2.74. The summed E-state index contributed by atoms with van der Waals surface area (Å²) in [5.41, 5.74) is 0. The van der Waals surface area contributed by atoms with Crippen LogP contribution in [0.3, 0.4) is 0 Å². The quantitative estimate of drug-likeness (QED) is 0.756. The smallest absolute Gasteiger partial charge is 0.229 e. The van der Waals surface area contributed by atoms with Crippen LogP contribution < -0.4 is 10.6 Å². The van der Waals surface area contributed by atoms with Crippen LogP contribution in [0.1, 0.15) is 26.7 Å². The molecule has 0 fully saturated rings. The predicted octanol–water partition coefficient (Wildman–Crippen LogP) is 1.48. The van der Waals surface area contributed by atoms with Crippen molar-refractivity contribution in [1.82, 2.24) is 15.1 Å². The van der Waals surface area contributed by atoms with Gasteiger partial charge in [0.25, 0.3) is 0 Å². The molecule has 0 saturated heterocycles. The van der Waals surface area contributed by atoms with E-state index in [0.717, 1.165) is 25.2 Å². The summed E-state index contributed by atoms with van der Waals surface area (Å²) >= 11 is 0. The summed E-state index contributed by atoms with van der Waals surface area (Å²) in [6.45, 7) is 5.56. The lowest BCUT2D eigenvalue weighted by Gasteiger charge is -2.12. The van der Waals surface area contributed by atoms with Gasteiger partial charge in [-0.2, -0.15) is 5.10 Å². The van der Waals surface area contributed by atoms with E-state index < -0.39 is 0 Å². The fourth-order valence-electron chi connectivity index (χ4n) is 1.57. The number of hydrogen-bond donors (Lipinski definition) is 2. The van der Waals surface area contributed by atoms with E-state index in [1.807, 2.05) is 24.7 Å². The molecule has 5 nitrogen and oxygen atoms in total. The molecule has 1 aromatic heterocycles. The first-order chi connectivity index (χ1) is 8.19. The average molecular weight is 238 g/mol. The second-order valence-electron chi connectivity index (χ2n) is 4.24. The lowest BCUT2D eigenvalue weighted by atomic mass is 10.1. The minimum absolute atomic E-state index is 0.0256. The van der Waals surface area contributed by atoms with E-state index in [0.29, 0.717) is 6.54 Å². The first-order valence-electron chi connectivity index (χ1n) is 6.16. The van der Waals surface area contributed by atoms with Crippen molar-refractivity contribution in [2.24, 2.45) is 5.92 Å². The number of nitrogens with one attached hydrogen (secondary N) is 2. The maximum atomic E-state index is 11.8. The van der Waals surface area contributed by atoms with Gasteiger partial charge in [-0.25, -0.2) is 4.68 Å². The van der Waals surface area contributed by atoms with E-state index in [-0.39, 0.29) is 11.8 Å². The molecule has 1 amide bonds. The van der Waals surface area contributed by atoms with Crippen LogP contribution >= 0.6 is 0 Å². The van der Waals surface area contributed by atoms with Crippen molar-refractivity contribution in [3.05, 3.63) is 12.3 Å². The fourth-order valence-corrected chi connectivity index (χ4v) is 1.57. The van der Waals surface area contributed by atoms with E-state index in [2.05, 4.69) is 22.7 Å². The molecule has 1 unspecified atom stereocenters. The van der Waals surface area contributed by atoms with E-state index >= 15 is 0 Å². The molecule has 0 aliphatic heterocycles. The van der Waals surface area contributed by atoms with Crippen molar-refractivity contribution in [1.29, 1.82) is 0 Å². The van der Waals surface area contributed by atoms with Gasteiger partial charge >= 0.3 is 0 Å². The number of rotatable bonds is 7. The zero-order chi connectivity index (χ0) is 12.7. The van der Waals surface area contributed by atoms with Gasteiger partial charge in [0.15, 0.2) is 0 Å².